The summed E-state index contributed by atoms with van der Waals surface area (Å²) in [7, 11) is 1.61. The van der Waals surface area contributed by atoms with E-state index in [2.05, 4.69) is 10.3 Å². The number of hydrogen-bond donors (Lipinski definition) is 1. The Labute approximate surface area is 166 Å². The molecule has 0 spiro atoms. The number of benzene rings is 1. The molecule has 2 aromatic rings. The normalized spacial score (nSPS) is 16.3. The predicted molar refractivity (Wildman–Crippen MR) is 110 cm³/mol. The lowest BCUT2D eigenvalue weighted by molar-refractivity contribution is -0.125. The number of ketones is 1. The van der Waals surface area contributed by atoms with E-state index >= 15 is 0 Å². The van der Waals surface area contributed by atoms with Crippen molar-refractivity contribution in [2.45, 2.75) is 71.4 Å². The van der Waals surface area contributed by atoms with Gasteiger partial charge in [0.25, 0.3) is 0 Å². The van der Waals surface area contributed by atoms with Crippen LogP contribution in [0, 0.1) is 5.92 Å². The molecule has 28 heavy (non-hydrogen) atoms. The first-order chi connectivity index (χ1) is 13.5. The van der Waals surface area contributed by atoms with Gasteiger partial charge < -0.3 is 14.6 Å². The van der Waals surface area contributed by atoms with Gasteiger partial charge in [0.15, 0.2) is 5.82 Å². The van der Waals surface area contributed by atoms with Crippen LogP contribution in [0.5, 0.6) is 5.75 Å². The van der Waals surface area contributed by atoms with Crippen LogP contribution in [-0.2, 0) is 4.79 Å². The summed E-state index contributed by atoms with van der Waals surface area (Å²) in [5.74, 6) is 0.744. The first-order valence-corrected chi connectivity index (χ1v) is 10.4. The Morgan fingerprint density at radius 1 is 1.25 bits per heavy atom. The third-order valence-corrected chi connectivity index (χ3v) is 5.59. The molecule has 1 heterocycles. The lowest BCUT2D eigenvalue weighted by atomic mass is 9.95. The van der Waals surface area contributed by atoms with E-state index in [1.54, 1.807) is 7.11 Å². The number of carbonyl (C=O) groups excluding carboxylic acids is 2. The molecule has 1 N–H and O–H groups in total. The van der Waals surface area contributed by atoms with Crippen molar-refractivity contribution in [1.82, 2.24) is 14.9 Å². The van der Waals surface area contributed by atoms with Crippen molar-refractivity contribution in [2.75, 3.05) is 7.11 Å². The van der Waals surface area contributed by atoms with Gasteiger partial charge in [-0.1, -0.05) is 40.0 Å². The van der Waals surface area contributed by atoms with Gasteiger partial charge in [-0.2, -0.15) is 0 Å². The maximum Gasteiger partial charge on any atom is 0.243 e. The molecule has 0 saturated heterocycles. The number of aromatic nitrogens is 2. The summed E-state index contributed by atoms with van der Waals surface area (Å²) in [6.07, 6.45) is 6.19. The van der Waals surface area contributed by atoms with Gasteiger partial charge in [-0.25, -0.2) is 4.98 Å². The molecule has 1 amide bonds. The molecule has 0 radical (unpaired) electrons. The maximum atomic E-state index is 13.2. The number of ether oxygens (including phenoxy) is 1. The predicted octanol–water partition coefficient (Wildman–Crippen LogP) is 4.28. The summed E-state index contributed by atoms with van der Waals surface area (Å²) in [4.78, 5) is 30.6. The molecular formula is C22H31N3O3. The van der Waals surface area contributed by atoms with Crippen molar-refractivity contribution < 1.29 is 14.3 Å². The Bertz CT molecular complexity index is 850. The summed E-state index contributed by atoms with van der Waals surface area (Å²) >= 11 is 0. The van der Waals surface area contributed by atoms with E-state index in [0.29, 0.717) is 23.5 Å². The summed E-state index contributed by atoms with van der Waals surface area (Å²) in [5.41, 5.74) is 1.46. The number of Topliss-reactive ketones (excluding diaryl/α,β-unsaturated/α-hetero) is 1. The van der Waals surface area contributed by atoms with Crippen molar-refractivity contribution in [3.63, 3.8) is 0 Å². The molecule has 1 aromatic carbocycles. The van der Waals surface area contributed by atoms with Crippen LogP contribution in [-0.4, -0.2) is 34.4 Å². The average molecular weight is 386 g/mol. The van der Waals surface area contributed by atoms with Gasteiger partial charge in [0, 0.05) is 18.0 Å². The minimum Gasteiger partial charge on any atom is -0.497 e. The standard InChI is InChI=1S/C22H31N3O3/c1-5-18(22(27)23-15-9-7-6-8-10-15)25-19-13-16(28-4)11-12-17(19)24-21(25)20(26)14(2)3/h11-15,18H,5-10H2,1-4H3,(H,23,27). The first-order valence-electron chi connectivity index (χ1n) is 10.4. The highest BCUT2D eigenvalue weighted by Crippen LogP contribution is 2.29. The second-order valence-corrected chi connectivity index (χ2v) is 7.95. The van der Waals surface area contributed by atoms with Crippen molar-refractivity contribution in [1.29, 1.82) is 0 Å². The zero-order valence-corrected chi connectivity index (χ0v) is 17.3. The molecule has 152 valence electrons. The number of carbonyl (C=O) groups is 2. The number of nitrogens with one attached hydrogen (secondary N) is 1. The zero-order chi connectivity index (χ0) is 20.3. The fraction of sp³-hybridized carbons (Fsp3) is 0.591. The summed E-state index contributed by atoms with van der Waals surface area (Å²) in [5, 5.41) is 3.22. The fourth-order valence-electron chi connectivity index (χ4n) is 3.98. The van der Waals surface area contributed by atoms with E-state index in [0.717, 1.165) is 31.2 Å². The van der Waals surface area contributed by atoms with Gasteiger partial charge >= 0.3 is 0 Å². The van der Waals surface area contributed by atoms with E-state index in [-0.39, 0.29) is 23.7 Å². The van der Waals surface area contributed by atoms with Crippen molar-refractivity contribution in [3.05, 3.63) is 24.0 Å². The molecule has 0 bridgehead atoms. The minimum atomic E-state index is -0.475. The van der Waals surface area contributed by atoms with Crippen LogP contribution in [0.4, 0.5) is 0 Å². The first kappa shape index (κ1) is 20.4. The smallest absolute Gasteiger partial charge is 0.243 e. The molecule has 1 aliphatic carbocycles. The molecule has 6 nitrogen and oxygen atoms in total. The van der Waals surface area contributed by atoms with Gasteiger partial charge in [-0.15, -0.1) is 0 Å². The maximum absolute atomic E-state index is 13.2. The number of hydrogen-bond acceptors (Lipinski definition) is 4. The van der Waals surface area contributed by atoms with Crippen LogP contribution < -0.4 is 10.1 Å². The highest BCUT2D eigenvalue weighted by Gasteiger charge is 2.29. The van der Waals surface area contributed by atoms with Crippen LogP contribution in [0.1, 0.15) is 76.0 Å². The molecule has 1 aliphatic rings. The third-order valence-electron chi connectivity index (χ3n) is 5.59. The van der Waals surface area contributed by atoms with Gasteiger partial charge in [0.05, 0.1) is 18.1 Å². The second-order valence-electron chi connectivity index (χ2n) is 7.95. The van der Waals surface area contributed by atoms with Crippen LogP contribution in [0.25, 0.3) is 11.0 Å². The lowest BCUT2D eigenvalue weighted by Gasteiger charge is -2.26. The third kappa shape index (κ3) is 4.05. The van der Waals surface area contributed by atoms with Gasteiger partial charge in [-0.3, -0.25) is 9.59 Å². The minimum absolute atomic E-state index is 0.0330. The average Bonchev–Trinajstić information content (AvgIpc) is 3.07. The lowest BCUT2D eigenvalue weighted by Crippen LogP contribution is -2.41. The van der Waals surface area contributed by atoms with Crippen LogP contribution >= 0.6 is 0 Å². The molecule has 1 aromatic heterocycles. The molecule has 1 unspecified atom stereocenters. The highest BCUT2D eigenvalue weighted by molar-refractivity contribution is 5.99. The molecule has 3 rings (SSSR count). The number of fused-ring (bicyclic) bond motifs is 1. The zero-order valence-electron chi connectivity index (χ0n) is 17.3. The number of nitrogens with zero attached hydrogens (tertiary/aromatic N) is 2. The SMILES string of the molecule is CCC(C(=O)NC1CCCCC1)n1c(C(=O)C(C)C)nc2ccc(OC)cc21. The Kier molecular flexibility index (Phi) is 6.37. The number of amides is 1. The Morgan fingerprint density at radius 2 is 1.96 bits per heavy atom. The molecular weight excluding hydrogens is 354 g/mol. The molecule has 1 atom stereocenters. The number of methoxy groups -OCH3 is 1. The summed E-state index contributed by atoms with van der Waals surface area (Å²) in [6.45, 7) is 5.69. The number of rotatable bonds is 7. The second kappa shape index (κ2) is 8.76. The monoisotopic (exact) mass is 385 g/mol. The van der Waals surface area contributed by atoms with E-state index in [9.17, 15) is 9.59 Å². The van der Waals surface area contributed by atoms with Crippen LogP contribution in [0.2, 0.25) is 0 Å². The largest absolute Gasteiger partial charge is 0.497 e. The van der Waals surface area contributed by atoms with Gasteiger partial charge in [0.1, 0.15) is 11.8 Å². The van der Waals surface area contributed by atoms with Crippen molar-refractivity contribution in [3.8, 4) is 5.75 Å². The quantitative estimate of drug-likeness (QED) is 0.722. The van der Waals surface area contributed by atoms with Crippen molar-refractivity contribution >= 4 is 22.7 Å². The highest BCUT2D eigenvalue weighted by atomic mass is 16.5. The van der Waals surface area contributed by atoms with E-state index in [1.807, 2.05) is 43.5 Å². The Hall–Kier alpha value is -2.37. The summed E-state index contributed by atoms with van der Waals surface area (Å²) in [6, 6.07) is 5.27. The van der Waals surface area contributed by atoms with Crippen molar-refractivity contribution in [2.24, 2.45) is 5.92 Å². The van der Waals surface area contributed by atoms with Crippen LogP contribution in [0.15, 0.2) is 18.2 Å². The molecule has 6 heteroatoms. The summed E-state index contributed by atoms with van der Waals surface area (Å²) < 4.78 is 7.18. The number of imidazole rings is 1. The fourth-order valence-corrected chi connectivity index (χ4v) is 3.98. The topological polar surface area (TPSA) is 73.2 Å². The van der Waals surface area contributed by atoms with E-state index < -0.39 is 6.04 Å². The van der Waals surface area contributed by atoms with E-state index in [4.69, 9.17) is 4.74 Å². The molecule has 0 aliphatic heterocycles. The Morgan fingerprint density at radius 3 is 2.57 bits per heavy atom. The van der Waals surface area contributed by atoms with Gasteiger partial charge in [0.2, 0.25) is 11.7 Å². The molecule has 1 saturated carbocycles. The molecule has 1 fully saturated rings. The Balaban J connectivity index is 2.04. The van der Waals surface area contributed by atoms with Gasteiger partial charge in [-0.05, 0) is 31.4 Å². The van der Waals surface area contributed by atoms with E-state index in [1.165, 1.54) is 6.42 Å². The van der Waals surface area contributed by atoms with Crippen LogP contribution in [0.3, 0.4) is 0 Å².